The zero-order chi connectivity index (χ0) is 19.8. The number of carbonyl (C=O) groups is 2. The van der Waals surface area contributed by atoms with E-state index in [4.69, 9.17) is 4.74 Å². The fraction of sp³-hybridized carbons (Fsp3) is 0.261. The van der Waals surface area contributed by atoms with Gasteiger partial charge in [0.05, 0.1) is 12.1 Å². The predicted molar refractivity (Wildman–Crippen MR) is 109 cm³/mol. The molecule has 146 valence electrons. The summed E-state index contributed by atoms with van der Waals surface area (Å²) in [4.78, 5) is 31.7. The van der Waals surface area contributed by atoms with Crippen LogP contribution in [-0.2, 0) is 0 Å². The monoisotopic (exact) mass is 387 g/mol. The predicted octanol–water partition coefficient (Wildman–Crippen LogP) is 3.03. The number of rotatable bonds is 1. The molecule has 3 aromatic rings. The Bertz CT molecular complexity index is 1100. The molecule has 0 bridgehead atoms. The summed E-state index contributed by atoms with van der Waals surface area (Å²) in [6.07, 6.45) is 2.98. The van der Waals surface area contributed by atoms with Crippen LogP contribution >= 0.6 is 0 Å². The van der Waals surface area contributed by atoms with Gasteiger partial charge in [-0.25, -0.2) is 0 Å². The van der Waals surface area contributed by atoms with Crippen molar-refractivity contribution in [3.05, 3.63) is 72.1 Å². The lowest BCUT2D eigenvalue weighted by Crippen LogP contribution is -2.54. The highest BCUT2D eigenvalue weighted by molar-refractivity contribution is 6.05. The average Bonchev–Trinajstić information content (AvgIpc) is 2.90. The third-order valence-electron chi connectivity index (χ3n) is 5.87. The zero-order valence-electron chi connectivity index (χ0n) is 15.9. The molecule has 2 aromatic carbocycles. The molecule has 1 N–H and O–H groups in total. The van der Waals surface area contributed by atoms with E-state index in [0.29, 0.717) is 49.5 Å². The Kier molecular flexibility index (Phi) is 4.19. The van der Waals surface area contributed by atoms with Gasteiger partial charge in [0.2, 0.25) is 0 Å². The highest BCUT2D eigenvalue weighted by atomic mass is 16.5. The standard InChI is InChI=1S/C23H21N3O3/c27-21-18-7-3-4-8-19(18)29-23(15-25-21)10-13-26(14-11-23)22(28)20-17-6-2-1-5-16(17)9-12-24-20/h1-9,12H,10-11,13-15H2,(H,25,27). The second-order valence-electron chi connectivity index (χ2n) is 7.64. The van der Waals surface area contributed by atoms with E-state index in [9.17, 15) is 9.59 Å². The van der Waals surface area contributed by atoms with E-state index in [-0.39, 0.29) is 11.8 Å². The number of nitrogens with zero attached hydrogens (tertiary/aromatic N) is 2. The molecule has 2 aliphatic rings. The number of hydrogen-bond acceptors (Lipinski definition) is 4. The Morgan fingerprint density at radius 1 is 1.03 bits per heavy atom. The number of fused-ring (bicyclic) bond motifs is 2. The van der Waals surface area contributed by atoms with E-state index in [0.717, 1.165) is 10.8 Å². The van der Waals surface area contributed by atoms with E-state index in [1.54, 1.807) is 12.3 Å². The van der Waals surface area contributed by atoms with Crippen molar-refractivity contribution in [3.8, 4) is 5.75 Å². The van der Waals surface area contributed by atoms with Crippen LogP contribution in [0.2, 0.25) is 0 Å². The molecule has 1 saturated heterocycles. The molecule has 6 nitrogen and oxygen atoms in total. The van der Waals surface area contributed by atoms with Gasteiger partial charge in [-0.05, 0) is 23.6 Å². The van der Waals surface area contributed by atoms with Gasteiger partial charge in [0.25, 0.3) is 11.8 Å². The molecule has 6 heteroatoms. The van der Waals surface area contributed by atoms with E-state index < -0.39 is 5.60 Å². The van der Waals surface area contributed by atoms with Crippen LogP contribution in [-0.4, -0.2) is 46.9 Å². The molecule has 5 rings (SSSR count). The molecule has 3 heterocycles. The van der Waals surface area contributed by atoms with Crippen molar-refractivity contribution in [2.75, 3.05) is 19.6 Å². The summed E-state index contributed by atoms with van der Waals surface area (Å²) in [5.41, 5.74) is 0.549. The lowest BCUT2D eigenvalue weighted by Gasteiger charge is -2.41. The summed E-state index contributed by atoms with van der Waals surface area (Å²) in [6, 6.07) is 17.0. The lowest BCUT2D eigenvalue weighted by atomic mass is 9.90. The van der Waals surface area contributed by atoms with Gasteiger partial charge >= 0.3 is 0 Å². The maximum absolute atomic E-state index is 13.2. The summed E-state index contributed by atoms with van der Waals surface area (Å²) < 4.78 is 6.32. The maximum Gasteiger partial charge on any atom is 0.273 e. The first-order chi connectivity index (χ1) is 14.2. The fourth-order valence-corrected chi connectivity index (χ4v) is 4.19. The largest absolute Gasteiger partial charge is 0.484 e. The number of likely N-dealkylation sites (tertiary alicyclic amines) is 1. The molecule has 1 aromatic heterocycles. The van der Waals surface area contributed by atoms with Crippen LogP contribution in [0.1, 0.15) is 33.7 Å². The van der Waals surface area contributed by atoms with Crippen LogP contribution in [0, 0.1) is 0 Å². The topological polar surface area (TPSA) is 71.5 Å². The van der Waals surface area contributed by atoms with Gasteiger partial charge in [-0.3, -0.25) is 14.6 Å². The minimum Gasteiger partial charge on any atom is -0.484 e. The van der Waals surface area contributed by atoms with Crippen molar-refractivity contribution < 1.29 is 14.3 Å². The van der Waals surface area contributed by atoms with Gasteiger partial charge in [0.1, 0.15) is 17.0 Å². The summed E-state index contributed by atoms with van der Waals surface area (Å²) in [5.74, 6) is 0.434. The van der Waals surface area contributed by atoms with E-state index in [2.05, 4.69) is 10.3 Å². The Hall–Kier alpha value is -3.41. The molecule has 0 aliphatic carbocycles. The van der Waals surface area contributed by atoms with Crippen LogP contribution in [0.25, 0.3) is 10.8 Å². The number of benzene rings is 2. The Balaban J connectivity index is 1.36. The minimum atomic E-state index is -0.495. The van der Waals surface area contributed by atoms with Crippen molar-refractivity contribution in [3.63, 3.8) is 0 Å². The fourth-order valence-electron chi connectivity index (χ4n) is 4.19. The SMILES string of the molecule is O=C1NCC2(CCN(C(=O)c3nccc4ccccc34)CC2)Oc2ccccc21. The highest BCUT2D eigenvalue weighted by Gasteiger charge is 2.41. The van der Waals surface area contributed by atoms with Crippen LogP contribution in [0.3, 0.4) is 0 Å². The molecular weight excluding hydrogens is 366 g/mol. The number of carbonyl (C=O) groups excluding carboxylic acids is 2. The average molecular weight is 387 g/mol. The van der Waals surface area contributed by atoms with Crippen molar-refractivity contribution in [2.45, 2.75) is 18.4 Å². The number of aromatic nitrogens is 1. The second kappa shape index (κ2) is 6.88. The summed E-state index contributed by atoms with van der Waals surface area (Å²) >= 11 is 0. The first-order valence-electron chi connectivity index (χ1n) is 9.85. The van der Waals surface area contributed by atoms with Crippen LogP contribution in [0.15, 0.2) is 60.8 Å². The Morgan fingerprint density at radius 3 is 2.66 bits per heavy atom. The van der Waals surface area contributed by atoms with Gasteiger partial charge in [-0.15, -0.1) is 0 Å². The van der Waals surface area contributed by atoms with Crippen LogP contribution < -0.4 is 10.1 Å². The highest BCUT2D eigenvalue weighted by Crippen LogP contribution is 2.33. The quantitative estimate of drug-likeness (QED) is 0.697. The van der Waals surface area contributed by atoms with E-state index in [1.165, 1.54) is 0 Å². The number of ether oxygens (including phenoxy) is 1. The Labute approximate surface area is 168 Å². The third kappa shape index (κ3) is 3.10. The second-order valence-corrected chi connectivity index (χ2v) is 7.64. The van der Waals surface area contributed by atoms with E-state index >= 15 is 0 Å². The smallest absolute Gasteiger partial charge is 0.273 e. The maximum atomic E-state index is 13.2. The van der Waals surface area contributed by atoms with E-state index in [1.807, 2.05) is 53.4 Å². The molecule has 0 radical (unpaired) electrons. The van der Waals surface area contributed by atoms with Crippen molar-refractivity contribution in [2.24, 2.45) is 0 Å². The normalized spacial score (nSPS) is 17.9. The van der Waals surface area contributed by atoms with Gasteiger partial charge < -0.3 is 15.0 Å². The lowest BCUT2D eigenvalue weighted by molar-refractivity contribution is 0.00759. The molecule has 1 spiro atoms. The number of pyridine rings is 1. The van der Waals surface area contributed by atoms with Gasteiger partial charge in [-0.2, -0.15) is 0 Å². The molecule has 2 aliphatic heterocycles. The van der Waals surface area contributed by atoms with Crippen LogP contribution in [0.5, 0.6) is 5.75 Å². The van der Waals surface area contributed by atoms with Gasteiger partial charge in [-0.1, -0.05) is 36.4 Å². The first kappa shape index (κ1) is 17.7. The molecule has 1 fully saturated rings. The zero-order valence-corrected chi connectivity index (χ0v) is 15.9. The Morgan fingerprint density at radius 2 is 1.79 bits per heavy atom. The molecule has 0 atom stereocenters. The molecule has 0 saturated carbocycles. The van der Waals surface area contributed by atoms with Gasteiger partial charge in [0.15, 0.2) is 0 Å². The summed E-state index contributed by atoms with van der Waals surface area (Å²) in [5, 5.41) is 4.85. The van der Waals surface area contributed by atoms with Gasteiger partial charge in [0, 0.05) is 37.5 Å². The van der Waals surface area contributed by atoms with Crippen LogP contribution in [0.4, 0.5) is 0 Å². The number of piperidine rings is 1. The summed E-state index contributed by atoms with van der Waals surface area (Å²) in [6.45, 7) is 1.55. The number of amides is 2. The number of para-hydroxylation sites is 1. The van der Waals surface area contributed by atoms with Crippen molar-refractivity contribution in [1.82, 2.24) is 15.2 Å². The third-order valence-corrected chi connectivity index (χ3v) is 5.87. The summed E-state index contributed by atoms with van der Waals surface area (Å²) in [7, 11) is 0. The molecule has 2 amide bonds. The number of nitrogens with one attached hydrogen (secondary N) is 1. The van der Waals surface area contributed by atoms with Crippen molar-refractivity contribution >= 4 is 22.6 Å². The van der Waals surface area contributed by atoms with Crippen molar-refractivity contribution in [1.29, 1.82) is 0 Å². The molecular formula is C23H21N3O3. The minimum absolute atomic E-state index is 0.0605. The first-order valence-corrected chi connectivity index (χ1v) is 9.85. The number of hydrogen-bond donors (Lipinski definition) is 1. The molecule has 0 unspecified atom stereocenters. The molecule has 29 heavy (non-hydrogen) atoms.